The molecule has 2 bridgehead atoms. The normalized spacial score (nSPS) is 20.1. The SMILES string of the molecule is NC(=O)C1c2nn(-c3ccccc3)cc2C2CN1C(=O)N2OCc1ccccc1. The lowest BCUT2D eigenvalue weighted by molar-refractivity contribution is -0.141. The largest absolute Gasteiger partial charge is 0.368 e. The predicted molar refractivity (Wildman–Crippen MR) is 103 cm³/mol. The van der Waals surface area contributed by atoms with E-state index in [1.54, 1.807) is 4.68 Å². The Kier molecular flexibility index (Phi) is 4.06. The number of benzene rings is 2. The van der Waals surface area contributed by atoms with E-state index >= 15 is 0 Å². The lowest BCUT2D eigenvalue weighted by Gasteiger charge is -2.26. The average Bonchev–Trinajstić information content (AvgIpc) is 3.30. The van der Waals surface area contributed by atoms with Crippen LogP contribution in [0.3, 0.4) is 0 Å². The van der Waals surface area contributed by atoms with E-state index < -0.39 is 11.9 Å². The Labute approximate surface area is 167 Å². The summed E-state index contributed by atoms with van der Waals surface area (Å²) in [7, 11) is 0. The van der Waals surface area contributed by atoms with Crippen LogP contribution in [0.4, 0.5) is 4.79 Å². The molecule has 29 heavy (non-hydrogen) atoms. The summed E-state index contributed by atoms with van der Waals surface area (Å²) < 4.78 is 1.71. The fraction of sp³-hybridized carbons (Fsp3) is 0.190. The van der Waals surface area contributed by atoms with Gasteiger partial charge in [0.2, 0.25) is 5.91 Å². The molecule has 2 aliphatic heterocycles. The van der Waals surface area contributed by atoms with Gasteiger partial charge in [-0.15, -0.1) is 0 Å². The summed E-state index contributed by atoms with van der Waals surface area (Å²) in [6, 6.07) is 17.6. The number of nitrogens with two attached hydrogens (primary N) is 1. The summed E-state index contributed by atoms with van der Waals surface area (Å²) in [6.45, 7) is 0.578. The number of nitrogens with zero attached hydrogens (tertiary/aromatic N) is 4. The highest BCUT2D eigenvalue weighted by atomic mass is 16.7. The number of urea groups is 1. The minimum Gasteiger partial charge on any atom is -0.368 e. The molecule has 3 heterocycles. The summed E-state index contributed by atoms with van der Waals surface area (Å²) in [5.74, 6) is -0.610. The van der Waals surface area contributed by atoms with Crippen LogP contribution in [0.15, 0.2) is 66.9 Å². The van der Waals surface area contributed by atoms with Crippen molar-refractivity contribution in [3.63, 3.8) is 0 Å². The van der Waals surface area contributed by atoms with Crippen LogP contribution in [0.5, 0.6) is 0 Å². The Balaban J connectivity index is 1.51. The third-order valence-electron chi connectivity index (χ3n) is 5.29. The molecular formula is C21H19N5O3. The zero-order valence-electron chi connectivity index (χ0n) is 15.5. The molecule has 8 nitrogen and oxygen atoms in total. The van der Waals surface area contributed by atoms with E-state index in [2.05, 4.69) is 5.10 Å². The van der Waals surface area contributed by atoms with Gasteiger partial charge in [-0.2, -0.15) is 10.2 Å². The standard InChI is InChI=1S/C21H19N5O3/c22-20(27)19-18-16(11-25(23-18)15-9-5-2-6-10-15)17-12-24(19)21(28)26(17)29-13-14-7-3-1-4-8-14/h1-11,17,19H,12-13H2,(H2,22,27). The Hall–Kier alpha value is -3.65. The van der Waals surface area contributed by atoms with Gasteiger partial charge in [0.1, 0.15) is 18.3 Å². The Morgan fingerprint density at radius 2 is 1.79 bits per heavy atom. The lowest BCUT2D eigenvalue weighted by atomic mass is 9.98. The predicted octanol–water partition coefficient (Wildman–Crippen LogP) is 2.32. The second kappa shape index (κ2) is 6.75. The molecule has 2 aliphatic rings. The number of hydrogen-bond acceptors (Lipinski definition) is 4. The molecule has 3 amide bonds. The Morgan fingerprint density at radius 3 is 2.48 bits per heavy atom. The summed E-state index contributed by atoms with van der Waals surface area (Å²) in [4.78, 5) is 32.4. The van der Waals surface area contributed by atoms with Crippen LogP contribution in [0.2, 0.25) is 0 Å². The van der Waals surface area contributed by atoms with Crippen molar-refractivity contribution in [3.05, 3.63) is 83.7 Å². The molecule has 2 N–H and O–H groups in total. The van der Waals surface area contributed by atoms with Crippen molar-refractivity contribution < 1.29 is 14.4 Å². The van der Waals surface area contributed by atoms with Gasteiger partial charge in [0.05, 0.1) is 12.2 Å². The number of hydroxylamine groups is 2. The number of carbonyl (C=O) groups is 2. The number of para-hydroxylation sites is 1. The van der Waals surface area contributed by atoms with Crippen LogP contribution < -0.4 is 5.73 Å². The fourth-order valence-electron chi connectivity index (χ4n) is 3.92. The van der Waals surface area contributed by atoms with Gasteiger partial charge in [0.25, 0.3) is 0 Å². The summed E-state index contributed by atoms with van der Waals surface area (Å²) in [6.07, 6.45) is 1.85. The van der Waals surface area contributed by atoms with Crippen molar-refractivity contribution in [1.82, 2.24) is 19.7 Å². The maximum absolute atomic E-state index is 12.9. The topological polar surface area (TPSA) is 93.7 Å². The maximum Gasteiger partial charge on any atom is 0.345 e. The first-order valence-corrected chi connectivity index (χ1v) is 9.34. The molecule has 1 saturated heterocycles. The zero-order chi connectivity index (χ0) is 20.0. The van der Waals surface area contributed by atoms with Crippen LogP contribution in [-0.4, -0.2) is 38.2 Å². The van der Waals surface area contributed by atoms with E-state index in [0.717, 1.165) is 16.8 Å². The molecule has 5 rings (SSSR count). The number of aromatic nitrogens is 2. The van der Waals surface area contributed by atoms with Gasteiger partial charge in [-0.3, -0.25) is 9.63 Å². The fourth-order valence-corrected chi connectivity index (χ4v) is 3.92. The summed E-state index contributed by atoms with van der Waals surface area (Å²) in [5, 5.41) is 5.93. The monoisotopic (exact) mass is 389 g/mol. The maximum atomic E-state index is 12.9. The van der Waals surface area contributed by atoms with E-state index in [9.17, 15) is 9.59 Å². The first-order valence-electron chi connectivity index (χ1n) is 9.34. The molecule has 8 heteroatoms. The summed E-state index contributed by atoms with van der Waals surface area (Å²) in [5.41, 5.74) is 8.72. The van der Waals surface area contributed by atoms with Crippen LogP contribution in [0.25, 0.3) is 5.69 Å². The highest BCUT2D eigenvalue weighted by Crippen LogP contribution is 2.43. The smallest absolute Gasteiger partial charge is 0.345 e. The molecule has 2 unspecified atom stereocenters. The lowest BCUT2D eigenvalue weighted by Crippen LogP contribution is -2.41. The van der Waals surface area contributed by atoms with Crippen molar-refractivity contribution in [2.75, 3.05) is 6.54 Å². The van der Waals surface area contributed by atoms with E-state index in [4.69, 9.17) is 10.6 Å². The molecule has 146 valence electrons. The molecule has 2 atom stereocenters. The van der Waals surface area contributed by atoms with Crippen molar-refractivity contribution in [2.24, 2.45) is 5.73 Å². The third-order valence-corrected chi connectivity index (χ3v) is 5.29. The second-order valence-corrected chi connectivity index (χ2v) is 7.09. The highest BCUT2D eigenvalue weighted by Gasteiger charge is 2.52. The highest BCUT2D eigenvalue weighted by molar-refractivity contribution is 5.89. The van der Waals surface area contributed by atoms with Crippen LogP contribution in [-0.2, 0) is 16.2 Å². The van der Waals surface area contributed by atoms with Crippen molar-refractivity contribution in [3.8, 4) is 5.69 Å². The molecule has 2 aromatic carbocycles. The van der Waals surface area contributed by atoms with E-state index in [1.807, 2.05) is 66.9 Å². The van der Waals surface area contributed by atoms with Gasteiger partial charge < -0.3 is 10.6 Å². The third kappa shape index (κ3) is 2.85. The first-order chi connectivity index (χ1) is 14.1. The van der Waals surface area contributed by atoms with Crippen LogP contribution in [0, 0.1) is 0 Å². The Bertz CT molecular complexity index is 1070. The molecular weight excluding hydrogens is 370 g/mol. The van der Waals surface area contributed by atoms with Gasteiger partial charge in [-0.05, 0) is 17.7 Å². The molecule has 1 aromatic heterocycles. The van der Waals surface area contributed by atoms with Gasteiger partial charge >= 0.3 is 6.03 Å². The minimum atomic E-state index is -0.913. The number of rotatable bonds is 5. The summed E-state index contributed by atoms with van der Waals surface area (Å²) >= 11 is 0. The quantitative estimate of drug-likeness (QED) is 0.725. The number of primary amides is 1. The number of carbonyl (C=O) groups excluding carboxylic acids is 2. The molecule has 3 aromatic rings. The second-order valence-electron chi connectivity index (χ2n) is 7.09. The molecule has 0 spiro atoms. The van der Waals surface area contributed by atoms with Gasteiger partial charge in [-0.25, -0.2) is 9.48 Å². The molecule has 0 saturated carbocycles. The Morgan fingerprint density at radius 1 is 1.10 bits per heavy atom. The van der Waals surface area contributed by atoms with E-state index in [1.165, 1.54) is 9.96 Å². The number of hydrogen-bond donors (Lipinski definition) is 1. The van der Waals surface area contributed by atoms with E-state index in [-0.39, 0.29) is 18.7 Å². The molecule has 1 fully saturated rings. The van der Waals surface area contributed by atoms with Crippen molar-refractivity contribution in [2.45, 2.75) is 18.7 Å². The number of fused-ring (bicyclic) bond motifs is 4. The first kappa shape index (κ1) is 17.4. The number of amides is 3. The molecule has 0 radical (unpaired) electrons. The van der Waals surface area contributed by atoms with Crippen LogP contribution >= 0.6 is 0 Å². The molecule has 0 aliphatic carbocycles. The average molecular weight is 389 g/mol. The van der Waals surface area contributed by atoms with Crippen molar-refractivity contribution in [1.29, 1.82) is 0 Å². The van der Waals surface area contributed by atoms with Crippen molar-refractivity contribution >= 4 is 11.9 Å². The van der Waals surface area contributed by atoms with Gasteiger partial charge in [-0.1, -0.05) is 48.5 Å². The zero-order valence-corrected chi connectivity index (χ0v) is 15.5. The van der Waals surface area contributed by atoms with Gasteiger partial charge in [0, 0.05) is 11.8 Å². The van der Waals surface area contributed by atoms with Crippen LogP contribution in [0.1, 0.15) is 28.9 Å². The van der Waals surface area contributed by atoms with Gasteiger partial charge in [0.15, 0.2) is 6.04 Å². The van der Waals surface area contributed by atoms with E-state index in [0.29, 0.717) is 12.2 Å². The minimum absolute atomic E-state index is 0.250.